The highest BCUT2D eigenvalue weighted by molar-refractivity contribution is 5.91. The number of carbonyl (C=O) groups is 1. The van der Waals surface area contributed by atoms with E-state index in [0.717, 1.165) is 16.6 Å². The van der Waals surface area contributed by atoms with E-state index in [9.17, 15) is 9.90 Å². The topological polar surface area (TPSA) is 77.2 Å². The summed E-state index contributed by atoms with van der Waals surface area (Å²) in [5, 5.41) is 10.7. The van der Waals surface area contributed by atoms with E-state index in [4.69, 9.17) is 9.72 Å². The minimum atomic E-state index is -0.972. The smallest absolute Gasteiger partial charge is 0.336 e. The van der Waals surface area contributed by atoms with Gasteiger partial charge in [-0.25, -0.2) is 9.78 Å². The molecule has 0 radical (unpaired) electrons. The predicted molar refractivity (Wildman–Crippen MR) is 110 cm³/mol. The summed E-state index contributed by atoms with van der Waals surface area (Å²) < 4.78 is 7.56. The van der Waals surface area contributed by atoms with Gasteiger partial charge in [-0.05, 0) is 24.6 Å². The van der Waals surface area contributed by atoms with Crippen LogP contribution in [0.15, 0.2) is 67.1 Å². The van der Waals surface area contributed by atoms with Gasteiger partial charge < -0.3 is 14.4 Å². The Morgan fingerprint density at radius 1 is 1.14 bits per heavy atom. The number of fused-ring (bicyclic) bond motifs is 1. The molecular weight excluding hydrogens is 366 g/mol. The van der Waals surface area contributed by atoms with Crippen LogP contribution in [0.4, 0.5) is 0 Å². The maximum absolute atomic E-state index is 11.8. The number of pyridine rings is 1. The SMILES string of the molecule is COC(c1cn(Cc2ccc3ccccc3n2)cn1)c1cccc(C)c1C(=O)O. The quantitative estimate of drug-likeness (QED) is 0.536. The minimum absolute atomic E-state index is 0.255. The van der Waals surface area contributed by atoms with Crippen LogP contribution >= 0.6 is 0 Å². The molecule has 0 bridgehead atoms. The van der Waals surface area contributed by atoms with Gasteiger partial charge in [-0.1, -0.05) is 42.5 Å². The first-order valence-electron chi connectivity index (χ1n) is 9.28. The van der Waals surface area contributed by atoms with Gasteiger partial charge in [0.25, 0.3) is 0 Å². The van der Waals surface area contributed by atoms with Gasteiger partial charge >= 0.3 is 5.97 Å². The molecule has 0 aliphatic rings. The molecule has 0 spiro atoms. The van der Waals surface area contributed by atoms with Crippen LogP contribution in [0.5, 0.6) is 0 Å². The normalized spacial score (nSPS) is 12.2. The van der Waals surface area contributed by atoms with Crippen molar-refractivity contribution in [1.29, 1.82) is 0 Å². The molecule has 0 aliphatic carbocycles. The van der Waals surface area contributed by atoms with Crippen LogP contribution in [-0.2, 0) is 11.3 Å². The first-order chi connectivity index (χ1) is 14.1. The number of hydrogen-bond acceptors (Lipinski definition) is 4. The molecule has 0 fully saturated rings. The monoisotopic (exact) mass is 387 g/mol. The third kappa shape index (κ3) is 3.75. The molecule has 6 heteroatoms. The number of benzene rings is 2. The Labute approximate surface area is 168 Å². The van der Waals surface area contributed by atoms with Crippen molar-refractivity contribution in [2.45, 2.75) is 19.6 Å². The van der Waals surface area contributed by atoms with Gasteiger partial charge in [0.2, 0.25) is 0 Å². The zero-order chi connectivity index (χ0) is 20.4. The minimum Gasteiger partial charge on any atom is -0.478 e. The third-order valence-corrected chi connectivity index (χ3v) is 4.96. The average molecular weight is 387 g/mol. The van der Waals surface area contributed by atoms with E-state index < -0.39 is 12.1 Å². The van der Waals surface area contributed by atoms with Crippen LogP contribution < -0.4 is 0 Å². The van der Waals surface area contributed by atoms with Crippen molar-refractivity contribution in [2.24, 2.45) is 0 Å². The molecule has 0 saturated heterocycles. The fourth-order valence-electron chi connectivity index (χ4n) is 3.59. The number of hydrogen-bond donors (Lipinski definition) is 1. The zero-order valence-corrected chi connectivity index (χ0v) is 16.2. The van der Waals surface area contributed by atoms with Crippen molar-refractivity contribution in [3.8, 4) is 0 Å². The zero-order valence-electron chi connectivity index (χ0n) is 16.2. The van der Waals surface area contributed by atoms with Gasteiger partial charge in [0, 0.05) is 24.3 Å². The van der Waals surface area contributed by atoms with Gasteiger partial charge in [0.05, 0.1) is 35.3 Å². The first-order valence-corrected chi connectivity index (χ1v) is 9.28. The number of nitrogens with zero attached hydrogens (tertiary/aromatic N) is 3. The van der Waals surface area contributed by atoms with E-state index in [1.54, 1.807) is 32.5 Å². The average Bonchev–Trinajstić information content (AvgIpc) is 3.16. The van der Waals surface area contributed by atoms with Crippen molar-refractivity contribution in [2.75, 3.05) is 7.11 Å². The van der Waals surface area contributed by atoms with E-state index >= 15 is 0 Å². The summed E-state index contributed by atoms with van der Waals surface area (Å²) in [6.07, 6.45) is 3.03. The Bertz CT molecular complexity index is 1180. The molecule has 1 N–H and O–H groups in total. The summed E-state index contributed by atoms with van der Waals surface area (Å²) in [6.45, 7) is 2.34. The predicted octanol–water partition coefficient (Wildman–Crippen LogP) is 4.22. The molecule has 2 aromatic heterocycles. The number of imidazole rings is 1. The molecule has 2 aromatic carbocycles. The number of para-hydroxylation sites is 1. The number of carboxylic acid groups (broad SMARTS) is 1. The summed E-state index contributed by atoms with van der Waals surface area (Å²) in [5.41, 5.74) is 4.06. The van der Waals surface area contributed by atoms with Crippen LogP contribution in [0.25, 0.3) is 10.9 Å². The van der Waals surface area contributed by atoms with E-state index in [1.165, 1.54) is 0 Å². The summed E-state index contributed by atoms with van der Waals surface area (Å²) in [6, 6.07) is 17.4. The number of aromatic carboxylic acids is 1. The molecule has 0 aliphatic heterocycles. The van der Waals surface area contributed by atoms with Crippen molar-refractivity contribution in [3.63, 3.8) is 0 Å². The van der Waals surface area contributed by atoms with Crippen molar-refractivity contribution in [3.05, 3.63) is 95.2 Å². The fraction of sp³-hybridized carbons (Fsp3) is 0.174. The molecule has 0 amide bonds. The van der Waals surface area contributed by atoms with E-state index in [-0.39, 0.29) is 5.56 Å². The highest BCUT2D eigenvalue weighted by Crippen LogP contribution is 2.29. The number of aromatic nitrogens is 3. The molecule has 1 unspecified atom stereocenters. The summed E-state index contributed by atoms with van der Waals surface area (Å²) in [4.78, 5) is 20.9. The second-order valence-corrected chi connectivity index (χ2v) is 6.93. The Morgan fingerprint density at radius 2 is 1.97 bits per heavy atom. The van der Waals surface area contributed by atoms with Crippen LogP contribution in [0.2, 0.25) is 0 Å². The Hall–Kier alpha value is -3.51. The molecule has 29 heavy (non-hydrogen) atoms. The number of methoxy groups -OCH3 is 1. The van der Waals surface area contributed by atoms with E-state index in [1.807, 2.05) is 47.2 Å². The van der Waals surface area contributed by atoms with Crippen LogP contribution in [0.1, 0.15) is 39.0 Å². The molecule has 1 atom stereocenters. The standard InChI is InChI=1S/C23H21N3O3/c1-15-6-5-8-18(21(15)23(27)28)22(29-2)20-13-26(14-24-20)12-17-11-10-16-7-3-4-9-19(16)25-17/h3-11,13-14,22H,12H2,1-2H3,(H,27,28). The van der Waals surface area contributed by atoms with Gasteiger partial charge in [0.1, 0.15) is 6.10 Å². The van der Waals surface area contributed by atoms with Crippen LogP contribution in [0.3, 0.4) is 0 Å². The molecule has 4 rings (SSSR count). The molecule has 146 valence electrons. The lowest BCUT2D eigenvalue weighted by molar-refractivity contribution is 0.0686. The molecule has 0 saturated carbocycles. The lowest BCUT2D eigenvalue weighted by atomic mass is 9.96. The lowest BCUT2D eigenvalue weighted by Gasteiger charge is -2.17. The van der Waals surface area contributed by atoms with Gasteiger partial charge in [-0.3, -0.25) is 4.98 Å². The Kier molecular flexibility index (Phi) is 5.10. The summed E-state index contributed by atoms with van der Waals surface area (Å²) in [7, 11) is 1.56. The van der Waals surface area contributed by atoms with Gasteiger partial charge in [-0.15, -0.1) is 0 Å². The first kappa shape index (κ1) is 18.8. The molecule has 2 heterocycles. The van der Waals surface area contributed by atoms with Crippen molar-refractivity contribution >= 4 is 16.9 Å². The van der Waals surface area contributed by atoms with Gasteiger partial charge in [0.15, 0.2) is 0 Å². The van der Waals surface area contributed by atoms with Crippen molar-refractivity contribution < 1.29 is 14.6 Å². The van der Waals surface area contributed by atoms with Crippen molar-refractivity contribution in [1.82, 2.24) is 14.5 Å². The second kappa shape index (κ2) is 7.85. The number of aryl methyl sites for hydroxylation is 1. The largest absolute Gasteiger partial charge is 0.478 e. The summed E-state index contributed by atoms with van der Waals surface area (Å²) >= 11 is 0. The third-order valence-electron chi connectivity index (χ3n) is 4.96. The maximum atomic E-state index is 11.8. The van der Waals surface area contributed by atoms with E-state index in [2.05, 4.69) is 11.1 Å². The Morgan fingerprint density at radius 3 is 2.76 bits per heavy atom. The summed E-state index contributed by atoms with van der Waals surface area (Å²) in [5.74, 6) is -0.972. The van der Waals surface area contributed by atoms with Crippen LogP contribution in [0, 0.1) is 6.92 Å². The number of ether oxygens (including phenoxy) is 1. The highest BCUT2D eigenvalue weighted by atomic mass is 16.5. The number of carboxylic acids is 1. The number of rotatable bonds is 6. The molecular formula is C23H21N3O3. The fourth-order valence-corrected chi connectivity index (χ4v) is 3.59. The Balaban J connectivity index is 1.63. The van der Waals surface area contributed by atoms with E-state index in [0.29, 0.717) is 23.4 Å². The molecule has 6 nitrogen and oxygen atoms in total. The lowest BCUT2D eigenvalue weighted by Crippen LogP contribution is -2.12. The maximum Gasteiger partial charge on any atom is 0.336 e. The highest BCUT2D eigenvalue weighted by Gasteiger charge is 2.23. The molecule has 4 aromatic rings. The second-order valence-electron chi connectivity index (χ2n) is 6.93. The van der Waals surface area contributed by atoms with Crippen LogP contribution in [-0.4, -0.2) is 32.7 Å². The van der Waals surface area contributed by atoms with Gasteiger partial charge in [-0.2, -0.15) is 0 Å².